The Morgan fingerprint density at radius 3 is 2.49 bits per heavy atom. The average Bonchev–Trinajstić information content (AvgIpc) is 2.89. The topological polar surface area (TPSA) is 98.1 Å². The van der Waals surface area contributed by atoms with Gasteiger partial charge < -0.3 is 15.5 Å². The zero-order chi connectivity index (χ0) is 24.8. The van der Waals surface area contributed by atoms with Gasteiger partial charge in [0.25, 0.3) is 5.91 Å². The third kappa shape index (κ3) is 5.85. The van der Waals surface area contributed by atoms with Crippen LogP contribution in [0.3, 0.4) is 0 Å². The quantitative estimate of drug-likeness (QED) is 0.557. The van der Waals surface area contributed by atoms with Gasteiger partial charge in [-0.2, -0.15) is 5.26 Å². The van der Waals surface area contributed by atoms with Gasteiger partial charge in [-0.3, -0.25) is 9.78 Å². The Morgan fingerprint density at radius 2 is 1.80 bits per heavy atom. The number of nitriles is 1. The van der Waals surface area contributed by atoms with Gasteiger partial charge in [-0.05, 0) is 79.6 Å². The standard InChI is InChI=1S/C28H29N5O2/c1-19-4-3-13-30-26(19)18-31-28(35)32-25-16-24(8-5-20(25)2)27(34)33-14-11-23(12-15-33)22-9-6-21(17-29)7-10-22/h3-10,13,16,23H,11-12,14-15,18H2,1-2H3,(H2,31,32,35). The molecular formula is C28H29N5O2. The monoisotopic (exact) mass is 467 g/mol. The molecule has 1 aromatic heterocycles. The highest BCUT2D eigenvalue weighted by Crippen LogP contribution is 2.29. The first-order chi connectivity index (χ1) is 16.9. The van der Waals surface area contributed by atoms with Crippen molar-refractivity contribution in [3.05, 3.63) is 94.3 Å². The Labute approximate surface area is 205 Å². The van der Waals surface area contributed by atoms with Crippen LogP contribution >= 0.6 is 0 Å². The first-order valence-electron chi connectivity index (χ1n) is 11.8. The van der Waals surface area contributed by atoms with Crippen LogP contribution in [0.2, 0.25) is 0 Å². The minimum atomic E-state index is -0.342. The molecule has 0 aliphatic carbocycles. The number of hydrogen-bond acceptors (Lipinski definition) is 4. The van der Waals surface area contributed by atoms with Crippen LogP contribution in [0.1, 0.15) is 57.1 Å². The van der Waals surface area contributed by atoms with E-state index in [4.69, 9.17) is 5.26 Å². The molecule has 2 heterocycles. The highest BCUT2D eigenvalue weighted by atomic mass is 16.2. The molecule has 0 radical (unpaired) electrons. The molecule has 0 spiro atoms. The van der Waals surface area contributed by atoms with E-state index in [0.717, 1.165) is 29.7 Å². The van der Waals surface area contributed by atoms with Gasteiger partial charge in [0.05, 0.1) is 23.9 Å². The third-order valence-corrected chi connectivity index (χ3v) is 6.56. The zero-order valence-electron chi connectivity index (χ0n) is 20.0. The molecule has 1 fully saturated rings. The van der Waals surface area contributed by atoms with Gasteiger partial charge in [0, 0.05) is 30.5 Å². The molecule has 4 rings (SSSR count). The Hall–Kier alpha value is -4.18. The number of amides is 3. The van der Waals surface area contributed by atoms with E-state index in [-0.39, 0.29) is 11.9 Å². The van der Waals surface area contributed by atoms with Gasteiger partial charge in [-0.1, -0.05) is 24.3 Å². The molecule has 0 unspecified atom stereocenters. The van der Waals surface area contributed by atoms with E-state index in [1.165, 1.54) is 5.56 Å². The van der Waals surface area contributed by atoms with Crippen LogP contribution in [-0.2, 0) is 6.54 Å². The first-order valence-corrected chi connectivity index (χ1v) is 11.8. The smallest absolute Gasteiger partial charge is 0.319 e. The number of rotatable bonds is 5. The molecule has 1 aliphatic rings. The normalized spacial score (nSPS) is 13.7. The number of anilines is 1. The van der Waals surface area contributed by atoms with Crippen LogP contribution < -0.4 is 10.6 Å². The number of hydrogen-bond donors (Lipinski definition) is 2. The van der Waals surface area contributed by atoms with E-state index < -0.39 is 0 Å². The van der Waals surface area contributed by atoms with Gasteiger partial charge in [0.15, 0.2) is 0 Å². The van der Waals surface area contributed by atoms with Crippen molar-refractivity contribution in [1.29, 1.82) is 5.26 Å². The number of aromatic nitrogens is 1. The van der Waals surface area contributed by atoms with Gasteiger partial charge in [0.1, 0.15) is 0 Å². The van der Waals surface area contributed by atoms with Crippen molar-refractivity contribution in [2.75, 3.05) is 18.4 Å². The third-order valence-electron chi connectivity index (χ3n) is 6.56. The predicted molar refractivity (Wildman–Crippen MR) is 135 cm³/mol. The summed E-state index contributed by atoms with van der Waals surface area (Å²) in [5, 5.41) is 14.7. The SMILES string of the molecule is Cc1ccc(C(=O)N2CCC(c3ccc(C#N)cc3)CC2)cc1NC(=O)NCc1ncccc1C. The maximum absolute atomic E-state index is 13.2. The lowest BCUT2D eigenvalue weighted by Gasteiger charge is -2.32. The summed E-state index contributed by atoms with van der Waals surface area (Å²) in [6.45, 7) is 5.52. The second-order valence-corrected chi connectivity index (χ2v) is 8.90. The van der Waals surface area contributed by atoms with Gasteiger partial charge in [0.2, 0.25) is 0 Å². The number of piperidine rings is 1. The first kappa shape index (κ1) is 24.0. The number of carbonyl (C=O) groups excluding carboxylic acids is 2. The Kier molecular flexibility index (Phi) is 7.41. The summed E-state index contributed by atoms with van der Waals surface area (Å²) in [5.41, 5.74) is 5.75. The van der Waals surface area contributed by atoms with E-state index in [2.05, 4.69) is 21.7 Å². The largest absolute Gasteiger partial charge is 0.339 e. The number of nitrogens with one attached hydrogen (secondary N) is 2. The van der Waals surface area contributed by atoms with Crippen molar-refractivity contribution in [3.63, 3.8) is 0 Å². The van der Waals surface area contributed by atoms with Crippen molar-refractivity contribution >= 4 is 17.6 Å². The fourth-order valence-corrected chi connectivity index (χ4v) is 4.35. The molecule has 178 valence electrons. The lowest BCUT2D eigenvalue weighted by Crippen LogP contribution is -2.38. The lowest BCUT2D eigenvalue weighted by molar-refractivity contribution is 0.0713. The van der Waals surface area contributed by atoms with Crippen LogP contribution in [0.4, 0.5) is 10.5 Å². The zero-order valence-corrected chi connectivity index (χ0v) is 20.0. The highest BCUT2D eigenvalue weighted by Gasteiger charge is 2.25. The van der Waals surface area contributed by atoms with E-state index in [0.29, 0.717) is 42.4 Å². The molecule has 0 atom stereocenters. The number of benzene rings is 2. The van der Waals surface area contributed by atoms with Crippen LogP contribution in [0.15, 0.2) is 60.8 Å². The van der Waals surface area contributed by atoms with Gasteiger partial charge >= 0.3 is 6.03 Å². The Bertz CT molecular complexity index is 1260. The Balaban J connectivity index is 1.35. The van der Waals surface area contributed by atoms with Crippen molar-refractivity contribution in [3.8, 4) is 6.07 Å². The summed E-state index contributed by atoms with van der Waals surface area (Å²) < 4.78 is 0. The molecule has 1 saturated heterocycles. The van der Waals surface area contributed by atoms with Crippen molar-refractivity contribution in [2.24, 2.45) is 0 Å². The summed E-state index contributed by atoms with van der Waals surface area (Å²) in [6, 6.07) is 18.8. The number of likely N-dealkylation sites (tertiary alicyclic amines) is 1. The fourth-order valence-electron chi connectivity index (χ4n) is 4.35. The van der Waals surface area contributed by atoms with Gasteiger partial charge in [-0.25, -0.2) is 4.79 Å². The van der Waals surface area contributed by atoms with Crippen molar-refractivity contribution in [2.45, 2.75) is 39.2 Å². The minimum absolute atomic E-state index is 0.0316. The second-order valence-electron chi connectivity index (χ2n) is 8.90. The molecule has 7 nitrogen and oxygen atoms in total. The Morgan fingerprint density at radius 1 is 1.06 bits per heavy atom. The molecule has 3 aromatic rings. The average molecular weight is 468 g/mol. The molecule has 2 aromatic carbocycles. The minimum Gasteiger partial charge on any atom is -0.339 e. The van der Waals surface area contributed by atoms with E-state index in [9.17, 15) is 9.59 Å². The fraction of sp³-hybridized carbons (Fsp3) is 0.286. The van der Waals surface area contributed by atoms with E-state index >= 15 is 0 Å². The van der Waals surface area contributed by atoms with Crippen LogP contribution in [0.25, 0.3) is 0 Å². The molecule has 1 aliphatic heterocycles. The molecule has 0 saturated carbocycles. The van der Waals surface area contributed by atoms with E-state index in [1.807, 2.05) is 67.3 Å². The number of pyridine rings is 1. The van der Waals surface area contributed by atoms with Crippen molar-refractivity contribution < 1.29 is 9.59 Å². The molecule has 2 N–H and O–H groups in total. The molecule has 0 bridgehead atoms. The molecule has 3 amide bonds. The number of urea groups is 1. The predicted octanol–water partition coefficient (Wildman–Crippen LogP) is 4.91. The molecule has 35 heavy (non-hydrogen) atoms. The molecule has 7 heteroatoms. The van der Waals surface area contributed by atoms with Gasteiger partial charge in [-0.15, -0.1) is 0 Å². The second kappa shape index (κ2) is 10.8. The van der Waals surface area contributed by atoms with Crippen molar-refractivity contribution in [1.82, 2.24) is 15.2 Å². The summed E-state index contributed by atoms with van der Waals surface area (Å²) in [7, 11) is 0. The highest BCUT2D eigenvalue weighted by molar-refractivity contribution is 5.97. The van der Waals surface area contributed by atoms with Crippen LogP contribution in [0, 0.1) is 25.2 Å². The summed E-state index contributed by atoms with van der Waals surface area (Å²) in [4.78, 5) is 31.8. The summed E-state index contributed by atoms with van der Waals surface area (Å²) in [6.07, 6.45) is 3.46. The number of nitrogens with zero attached hydrogens (tertiary/aromatic N) is 3. The maximum atomic E-state index is 13.2. The summed E-state index contributed by atoms with van der Waals surface area (Å²) >= 11 is 0. The number of aryl methyl sites for hydroxylation is 2. The summed E-state index contributed by atoms with van der Waals surface area (Å²) in [5.74, 6) is 0.351. The maximum Gasteiger partial charge on any atom is 0.319 e. The lowest BCUT2D eigenvalue weighted by atomic mass is 9.89. The number of carbonyl (C=O) groups is 2. The molecular weight excluding hydrogens is 438 g/mol. The van der Waals surface area contributed by atoms with Crippen LogP contribution in [-0.4, -0.2) is 34.9 Å². The van der Waals surface area contributed by atoms with Crippen LogP contribution in [0.5, 0.6) is 0 Å². The van der Waals surface area contributed by atoms with E-state index in [1.54, 1.807) is 12.3 Å².